The summed E-state index contributed by atoms with van der Waals surface area (Å²) >= 11 is 6.24. The number of nitrogen functional groups attached to an aromatic ring is 1. The Kier molecular flexibility index (Phi) is 8.07. The summed E-state index contributed by atoms with van der Waals surface area (Å²) in [5.41, 5.74) is 7.38. The van der Waals surface area contributed by atoms with Gasteiger partial charge in [0.15, 0.2) is 5.78 Å². The van der Waals surface area contributed by atoms with Crippen LogP contribution in [0, 0.1) is 18.8 Å². The van der Waals surface area contributed by atoms with Crippen LogP contribution in [0.1, 0.15) is 54.4 Å². The fourth-order valence-electron chi connectivity index (χ4n) is 4.20. The van der Waals surface area contributed by atoms with Gasteiger partial charge in [-0.05, 0) is 50.7 Å². The lowest BCUT2D eigenvalue weighted by molar-refractivity contribution is -0.136. The molecule has 1 aliphatic heterocycles. The summed E-state index contributed by atoms with van der Waals surface area (Å²) in [6.07, 6.45) is 3.70. The third-order valence-corrected chi connectivity index (χ3v) is 6.45. The number of hydrogen-bond acceptors (Lipinski definition) is 6. The largest absolute Gasteiger partial charge is 0.497 e. The zero-order valence-electron chi connectivity index (χ0n) is 18.9. The molecule has 1 saturated heterocycles. The maximum Gasteiger partial charge on any atom is 0.225 e. The van der Waals surface area contributed by atoms with Crippen LogP contribution in [-0.4, -0.2) is 46.8 Å². The van der Waals surface area contributed by atoms with Gasteiger partial charge in [-0.25, -0.2) is 9.97 Å². The highest BCUT2D eigenvalue weighted by Gasteiger charge is 2.27. The number of halogens is 1. The van der Waals surface area contributed by atoms with E-state index >= 15 is 0 Å². The Labute approximate surface area is 194 Å². The number of piperidine rings is 1. The van der Waals surface area contributed by atoms with Gasteiger partial charge in [-0.3, -0.25) is 9.59 Å². The molecule has 2 N–H and O–H groups in total. The summed E-state index contributed by atoms with van der Waals surface area (Å²) in [7, 11) is 1.57. The van der Waals surface area contributed by atoms with Crippen LogP contribution < -0.4 is 10.5 Å². The average molecular weight is 459 g/mol. The Bertz CT molecular complexity index is 950. The molecule has 0 saturated carbocycles. The molecule has 2 heterocycles. The molecule has 2 aromatic rings. The molecule has 7 nitrogen and oxygen atoms in total. The molecular weight excluding hydrogens is 428 g/mol. The van der Waals surface area contributed by atoms with Gasteiger partial charge in [-0.1, -0.05) is 30.7 Å². The maximum absolute atomic E-state index is 12.9. The molecule has 0 bridgehead atoms. The van der Waals surface area contributed by atoms with Crippen molar-refractivity contribution in [2.24, 2.45) is 11.8 Å². The number of aryl methyl sites for hydroxylation is 1. The maximum atomic E-state index is 12.9. The number of ether oxygens (including phenoxy) is 1. The first kappa shape index (κ1) is 24.0. The van der Waals surface area contributed by atoms with Gasteiger partial charge in [-0.2, -0.15) is 0 Å². The van der Waals surface area contributed by atoms with E-state index in [1.54, 1.807) is 38.3 Å². The smallest absolute Gasteiger partial charge is 0.225 e. The van der Waals surface area contributed by atoms with Crippen LogP contribution in [-0.2, 0) is 11.2 Å². The molecule has 0 unspecified atom stereocenters. The number of carbonyl (C=O) groups excluding carboxylic acids is 2. The lowest BCUT2D eigenvalue weighted by Gasteiger charge is -2.33. The van der Waals surface area contributed by atoms with Crippen molar-refractivity contribution in [1.29, 1.82) is 0 Å². The van der Waals surface area contributed by atoms with Gasteiger partial charge in [0, 0.05) is 36.6 Å². The molecule has 1 amide bonds. The lowest BCUT2D eigenvalue weighted by atomic mass is 9.90. The Balaban J connectivity index is 1.48. The molecule has 0 spiro atoms. The molecule has 172 valence electrons. The first-order valence-electron chi connectivity index (χ1n) is 11.0. The number of amides is 1. The molecule has 1 fully saturated rings. The number of nitrogens with zero attached hydrogens (tertiary/aromatic N) is 3. The van der Waals surface area contributed by atoms with Gasteiger partial charge in [-0.15, -0.1) is 0 Å². The fourth-order valence-corrected chi connectivity index (χ4v) is 4.51. The predicted molar refractivity (Wildman–Crippen MR) is 125 cm³/mol. The molecule has 1 aromatic carbocycles. The highest BCUT2D eigenvalue weighted by atomic mass is 35.5. The highest BCUT2D eigenvalue weighted by molar-refractivity contribution is 6.30. The van der Waals surface area contributed by atoms with E-state index < -0.39 is 0 Å². The minimum Gasteiger partial charge on any atom is -0.497 e. The number of rotatable bonds is 8. The molecule has 0 radical (unpaired) electrons. The number of carbonyl (C=O) groups is 2. The number of likely N-dealkylation sites (tertiary alicyclic amines) is 1. The fraction of sp³-hybridized carbons (Fsp3) is 0.500. The third kappa shape index (κ3) is 5.97. The Morgan fingerprint density at radius 3 is 2.66 bits per heavy atom. The van der Waals surface area contributed by atoms with Crippen LogP contribution in [0.2, 0.25) is 5.15 Å². The van der Waals surface area contributed by atoms with Gasteiger partial charge in [0.25, 0.3) is 0 Å². The molecule has 0 aliphatic carbocycles. The van der Waals surface area contributed by atoms with E-state index in [2.05, 4.69) is 9.97 Å². The molecule has 1 aliphatic rings. The van der Waals surface area contributed by atoms with Crippen molar-refractivity contribution in [1.82, 2.24) is 14.9 Å². The SMILES string of the molecule is COc1cccc(C(=O)C[C@@H](C)C(=O)N2CCC(CCc3c(N)nc(C)nc3Cl)CC2)c1. The summed E-state index contributed by atoms with van der Waals surface area (Å²) in [4.78, 5) is 35.8. The number of nitrogens with two attached hydrogens (primary N) is 1. The zero-order valence-corrected chi connectivity index (χ0v) is 19.7. The quantitative estimate of drug-likeness (QED) is 0.472. The predicted octanol–water partition coefficient (Wildman–Crippen LogP) is 4.11. The monoisotopic (exact) mass is 458 g/mol. The number of aromatic nitrogens is 2. The Morgan fingerprint density at radius 2 is 2.00 bits per heavy atom. The number of ketones is 1. The van der Waals surface area contributed by atoms with E-state index in [1.165, 1.54) is 0 Å². The third-order valence-electron chi connectivity index (χ3n) is 6.13. The van der Waals surface area contributed by atoms with Crippen LogP contribution in [0.25, 0.3) is 0 Å². The first-order valence-corrected chi connectivity index (χ1v) is 11.4. The van der Waals surface area contributed by atoms with E-state index in [-0.39, 0.29) is 24.0 Å². The van der Waals surface area contributed by atoms with Crippen molar-refractivity contribution < 1.29 is 14.3 Å². The van der Waals surface area contributed by atoms with E-state index in [9.17, 15) is 9.59 Å². The second-order valence-corrected chi connectivity index (χ2v) is 8.85. The van der Waals surface area contributed by atoms with Crippen LogP contribution in [0.5, 0.6) is 5.75 Å². The molecule has 1 aromatic heterocycles. The molecule has 3 rings (SSSR count). The van der Waals surface area contributed by atoms with Gasteiger partial charge in [0.05, 0.1) is 7.11 Å². The van der Waals surface area contributed by atoms with Crippen molar-refractivity contribution in [2.45, 2.75) is 46.0 Å². The van der Waals surface area contributed by atoms with Crippen LogP contribution in [0.3, 0.4) is 0 Å². The van der Waals surface area contributed by atoms with Gasteiger partial charge < -0.3 is 15.4 Å². The number of Topliss-reactive ketones (excluding diaryl/α,β-unsaturated/α-hetero) is 1. The van der Waals surface area contributed by atoms with Gasteiger partial charge >= 0.3 is 0 Å². The van der Waals surface area contributed by atoms with Crippen LogP contribution in [0.4, 0.5) is 5.82 Å². The molecular formula is C24H31ClN4O3. The summed E-state index contributed by atoms with van der Waals surface area (Å²) in [5, 5.41) is 0.428. The zero-order chi connectivity index (χ0) is 23.3. The van der Waals surface area contributed by atoms with E-state index in [0.717, 1.165) is 31.2 Å². The summed E-state index contributed by atoms with van der Waals surface area (Å²) < 4.78 is 5.18. The molecule has 8 heteroatoms. The summed E-state index contributed by atoms with van der Waals surface area (Å²) in [6, 6.07) is 7.05. The standard InChI is InChI=1S/C24H31ClN4O3/c1-15(13-21(30)18-5-4-6-19(14-18)32-3)24(31)29-11-9-17(10-12-29)7-8-20-22(25)27-16(2)28-23(20)26/h4-6,14-15,17H,7-13H2,1-3H3,(H2,26,27,28)/t15-/m1/s1. The number of anilines is 1. The average Bonchev–Trinajstić information content (AvgIpc) is 2.78. The van der Waals surface area contributed by atoms with Crippen molar-refractivity contribution >= 4 is 29.1 Å². The van der Waals surface area contributed by atoms with Crippen LogP contribution >= 0.6 is 11.6 Å². The van der Waals surface area contributed by atoms with Crippen LogP contribution in [0.15, 0.2) is 24.3 Å². The van der Waals surface area contributed by atoms with Crippen molar-refractivity contribution in [3.05, 3.63) is 46.4 Å². The van der Waals surface area contributed by atoms with Crippen molar-refractivity contribution in [2.75, 3.05) is 25.9 Å². The second-order valence-electron chi connectivity index (χ2n) is 8.49. The van der Waals surface area contributed by atoms with Gasteiger partial charge in [0.1, 0.15) is 22.5 Å². The van der Waals surface area contributed by atoms with E-state index in [1.807, 2.05) is 11.8 Å². The van der Waals surface area contributed by atoms with Crippen molar-refractivity contribution in [3.63, 3.8) is 0 Å². The Hall–Kier alpha value is -2.67. The normalized spacial score (nSPS) is 15.4. The number of methoxy groups -OCH3 is 1. The molecule has 32 heavy (non-hydrogen) atoms. The van der Waals surface area contributed by atoms with Crippen molar-refractivity contribution in [3.8, 4) is 5.75 Å². The van der Waals surface area contributed by atoms with E-state index in [0.29, 0.717) is 47.1 Å². The van der Waals surface area contributed by atoms with Gasteiger partial charge in [0.2, 0.25) is 5.91 Å². The first-order chi connectivity index (χ1) is 15.3. The minimum atomic E-state index is -0.353. The summed E-state index contributed by atoms with van der Waals surface area (Å²) in [6.45, 7) is 5.00. The van der Waals surface area contributed by atoms with E-state index in [4.69, 9.17) is 22.1 Å². The second kappa shape index (κ2) is 10.8. The summed E-state index contributed by atoms with van der Waals surface area (Å²) in [5.74, 6) is 1.79. The highest BCUT2D eigenvalue weighted by Crippen LogP contribution is 2.27. The molecule has 1 atom stereocenters. The number of benzene rings is 1. The Morgan fingerprint density at radius 1 is 1.28 bits per heavy atom. The number of hydrogen-bond donors (Lipinski definition) is 1. The lowest BCUT2D eigenvalue weighted by Crippen LogP contribution is -2.41. The topological polar surface area (TPSA) is 98.4 Å². The minimum absolute atomic E-state index is 0.0407.